The van der Waals surface area contributed by atoms with E-state index in [9.17, 15) is 4.79 Å². The number of aromatic nitrogens is 6. The molecule has 8 nitrogen and oxygen atoms in total. The summed E-state index contributed by atoms with van der Waals surface area (Å²) in [5.41, 5.74) is 2.01. The molecule has 2 heterocycles. The van der Waals surface area contributed by atoms with E-state index in [1.54, 1.807) is 16.3 Å². The summed E-state index contributed by atoms with van der Waals surface area (Å²) in [4.78, 5) is 12.0. The van der Waals surface area contributed by atoms with E-state index in [4.69, 9.17) is 0 Å². The summed E-state index contributed by atoms with van der Waals surface area (Å²) in [6.45, 7) is 6.25. The lowest BCUT2D eigenvalue weighted by Crippen LogP contribution is -2.18. The molecule has 0 aliphatic rings. The second kappa shape index (κ2) is 5.81. The van der Waals surface area contributed by atoms with Gasteiger partial charge in [0.05, 0.1) is 12.2 Å². The first kappa shape index (κ1) is 14.2. The number of hydrogen-bond donors (Lipinski definition) is 1. The molecule has 0 aromatic carbocycles. The van der Waals surface area contributed by atoms with Gasteiger partial charge in [0.25, 0.3) is 0 Å². The Hall–Kier alpha value is -2.25. The van der Waals surface area contributed by atoms with Gasteiger partial charge in [0.2, 0.25) is 5.91 Å². The normalized spacial score (nSPS) is 10.8. The fraction of sp³-hybridized carbons (Fsp3) is 0.583. The van der Waals surface area contributed by atoms with Crippen LogP contribution < -0.4 is 5.32 Å². The number of anilines is 1. The van der Waals surface area contributed by atoms with E-state index in [0.29, 0.717) is 18.8 Å². The van der Waals surface area contributed by atoms with Crippen LogP contribution in [0.25, 0.3) is 0 Å². The minimum absolute atomic E-state index is 0.0717. The van der Waals surface area contributed by atoms with Crippen molar-refractivity contribution in [1.29, 1.82) is 0 Å². The molecule has 2 aromatic rings. The average molecular weight is 277 g/mol. The molecular weight excluding hydrogens is 258 g/mol. The smallest absolute Gasteiger partial charge is 0.227 e. The molecule has 8 heteroatoms. The van der Waals surface area contributed by atoms with Gasteiger partial charge < -0.3 is 5.32 Å². The Morgan fingerprint density at radius 2 is 2.10 bits per heavy atom. The lowest BCUT2D eigenvalue weighted by Gasteiger charge is -2.08. The molecule has 2 aromatic heterocycles. The fourth-order valence-electron chi connectivity index (χ4n) is 2.14. The van der Waals surface area contributed by atoms with Crippen LogP contribution in [0, 0.1) is 13.8 Å². The molecule has 0 aliphatic heterocycles. The highest BCUT2D eigenvalue weighted by atomic mass is 16.1. The van der Waals surface area contributed by atoms with Crippen LogP contribution in [-0.4, -0.2) is 35.9 Å². The van der Waals surface area contributed by atoms with Crippen molar-refractivity contribution >= 4 is 11.7 Å². The maximum absolute atomic E-state index is 12.0. The van der Waals surface area contributed by atoms with Gasteiger partial charge in [0.1, 0.15) is 11.6 Å². The number of aryl methyl sites for hydroxylation is 4. The zero-order chi connectivity index (χ0) is 14.7. The van der Waals surface area contributed by atoms with Gasteiger partial charge in [-0.1, -0.05) is 6.92 Å². The third-order valence-corrected chi connectivity index (χ3v) is 3.22. The number of tetrazole rings is 1. The zero-order valence-corrected chi connectivity index (χ0v) is 12.2. The average Bonchev–Trinajstić information content (AvgIpc) is 2.91. The lowest BCUT2D eigenvalue weighted by atomic mass is 10.2. The topological polar surface area (TPSA) is 90.5 Å². The number of amides is 1. The van der Waals surface area contributed by atoms with E-state index in [1.807, 2.05) is 20.9 Å². The minimum atomic E-state index is -0.0717. The molecule has 0 radical (unpaired) electrons. The molecule has 1 amide bonds. The molecule has 0 spiro atoms. The molecule has 0 saturated carbocycles. The highest BCUT2D eigenvalue weighted by Crippen LogP contribution is 2.19. The number of rotatable bonds is 5. The van der Waals surface area contributed by atoms with Crippen molar-refractivity contribution in [2.75, 3.05) is 5.32 Å². The molecule has 2 rings (SSSR count). The maximum atomic E-state index is 12.0. The Bertz CT molecular complexity index is 613. The zero-order valence-electron chi connectivity index (χ0n) is 12.2. The third-order valence-electron chi connectivity index (χ3n) is 3.22. The monoisotopic (exact) mass is 277 g/mol. The molecule has 1 N–H and O–H groups in total. The Balaban J connectivity index is 2.00. The van der Waals surface area contributed by atoms with Crippen molar-refractivity contribution in [1.82, 2.24) is 30.0 Å². The van der Waals surface area contributed by atoms with Crippen molar-refractivity contribution < 1.29 is 4.79 Å². The Labute approximate surface area is 117 Å². The van der Waals surface area contributed by atoms with Crippen molar-refractivity contribution in [3.05, 3.63) is 17.1 Å². The van der Waals surface area contributed by atoms with Crippen LogP contribution in [0.5, 0.6) is 0 Å². The number of hydrogen-bond acceptors (Lipinski definition) is 5. The van der Waals surface area contributed by atoms with E-state index in [1.165, 1.54) is 0 Å². The number of nitrogens with zero attached hydrogens (tertiary/aromatic N) is 6. The van der Waals surface area contributed by atoms with E-state index in [0.717, 1.165) is 23.5 Å². The number of carbonyl (C=O) groups excluding carboxylic acids is 1. The van der Waals surface area contributed by atoms with Gasteiger partial charge >= 0.3 is 0 Å². The Morgan fingerprint density at radius 3 is 2.70 bits per heavy atom. The first-order chi connectivity index (χ1) is 9.52. The summed E-state index contributed by atoms with van der Waals surface area (Å²) in [6, 6.07) is 0. The largest absolute Gasteiger partial charge is 0.311 e. The second-order valence-corrected chi connectivity index (χ2v) is 4.64. The predicted molar refractivity (Wildman–Crippen MR) is 73.1 cm³/mol. The van der Waals surface area contributed by atoms with E-state index in [-0.39, 0.29) is 5.91 Å². The molecule has 0 atom stereocenters. The molecule has 0 saturated heterocycles. The molecule has 108 valence electrons. The highest BCUT2D eigenvalue weighted by molar-refractivity contribution is 5.90. The summed E-state index contributed by atoms with van der Waals surface area (Å²) < 4.78 is 3.31. The van der Waals surface area contributed by atoms with Gasteiger partial charge in [-0.2, -0.15) is 5.10 Å². The van der Waals surface area contributed by atoms with Crippen LogP contribution >= 0.6 is 0 Å². The number of carbonyl (C=O) groups is 1. The van der Waals surface area contributed by atoms with Crippen LogP contribution in [0.2, 0.25) is 0 Å². The highest BCUT2D eigenvalue weighted by Gasteiger charge is 2.14. The molecule has 0 bridgehead atoms. The van der Waals surface area contributed by atoms with Gasteiger partial charge in [0, 0.05) is 19.0 Å². The summed E-state index contributed by atoms with van der Waals surface area (Å²) in [7, 11) is 1.83. The van der Waals surface area contributed by atoms with Crippen molar-refractivity contribution in [3.63, 3.8) is 0 Å². The standard InChI is InChI=1S/C12H19N7O/c1-5-10-8(2)15-18(4)12(10)13-11(20)6-7-19-9(3)14-16-17-19/h5-7H2,1-4H3,(H,13,20). The van der Waals surface area contributed by atoms with Gasteiger partial charge in [0.15, 0.2) is 0 Å². The summed E-state index contributed by atoms with van der Waals surface area (Å²) in [5, 5.41) is 18.4. The van der Waals surface area contributed by atoms with Crippen molar-refractivity contribution in [3.8, 4) is 0 Å². The first-order valence-corrected chi connectivity index (χ1v) is 6.58. The van der Waals surface area contributed by atoms with Gasteiger partial charge in [-0.3, -0.25) is 9.48 Å². The van der Waals surface area contributed by atoms with Crippen LogP contribution in [-0.2, 0) is 24.8 Å². The van der Waals surface area contributed by atoms with Crippen LogP contribution in [0.4, 0.5) is 5.82 Å². The van der Waals surface area contributed by atoms with Gasteiger partial charge in [-0.25, -0.2) is 4.68 Å². The van der Waals surface area contributed by atoms with Crippen LogP contribution in [0.1, 0.15) is 30.4 Å². The van der Waals surface area contributed by atoms with E-state index < -0.39 is 0 Å². The third kappa shape index (κ3) is 2.84. The van der Waals surface area contributed by atoms with Gasteiger partial charge in [-0.15, -0.1) is 5.10 Å². The van der Waals surface area contributed by atoms with E-state index in [2.05, 4.69) is 25.9 Å². The fourth-order valence-corrected chi connectivity index (χ4v) is 2.14. The predicted octanol–water partition coefficient (Wildman–Crippen LogP) is 0.615. The SMILES string of the molecule is CCc1c(C)nn(C)c1NC(=O)CCn1nnnc1C. The lowest BCUT2D eigenvalue weighted by molar-refractivity contribution is -0.116. The molecular formula is C12H19N7O. The van der Waals surface area contributed by atoms with E-state index >= 15 is 0 Å². The molecule has 20 heavy (non-hydrogen) atoms. The van der Waals surface area contributed by atoms with Crippen LogP contribution in [0.15, 0.2) is 0 Å². The first-order valence-electron chi connectivity index (χ1n) is 6.58. The van der Waals surface area contributed by atoms with Crippen molar-refractivity contribution in [2.24, 2.45) is 7.05 Å². The number of nitrogens with one attached hydrogen (secondary N) is 1. The second-order valence-electron chi connectivity index (χ2n) is 4.64. The summed E-state index contributed by atoms with van der Waals surface area (Å²) in [5.74, 6) is 1.39. The molecule has 0 unspecified atom stereocenters. The summed E-state index contributed by atoms with van der Waals surface area (Å²) >= 11 is 0. The Morgan fingerprint density at radius 1 is 1.35 bits per heavy atom. The van der Waals surface area contributed by atoms with Gasteiger partial charge in [-0.05, 0) is 30.7 Å². The minimum Gasteiger partial charge on any atom is -0.311 e. The molecule has 0 aliphatic carbocycles. The maximum Gasteiger partial charge on any atom is 0.227 e. The quantitative estimate of drug-likeness (QED) is 0.865. The van der Waals surface area contributed by atoms with Crippen LogP contribution in [0.3, 0.4) is 0 Å². The Kier molecular flexibility index (Phi) is 4.11. The van der Waals surface area contributed by atoms with Crippen molar-refractivity contribution in [2.45, 2.75) is 40.2 Å². The summed E-state index contributed by atoms with van der Waals surface area (Å²) in [6.07, 6.45) is 1.15. The molecule has 0 fully saturated rings.